The zero-order chi connectivity index (χ0) is 16.6. The Bertz CT molecular complexity index is 624. The van der Waals surface area contributed by atoms with Crippen molar-refractivity contribution < 1.29 is 4.74 Å². The van der Waals surface area contributed by atoms with Crippen molar-refractivity contribution in [3.63, 3.8) is 0 Å². The first kappa shape index (κ1) is 17.3. The molecule has 1 heterocycles. The molecule has 2 nitrogen and oxygen atoms in total. The second-order valence-electron chi connectivity index (χ2n) is 7.32. The van der Waals surface area contributed by atoms with E-state index in [1.807, 2.05) is 0 Å². The van der Waals surface area contributed by atoms with Crippen LogP contribution in [0.15, 0.2) is 42.5 Å². The number of hydrogen-bond acceptors (Lipinski definition) is 2. The average Bonchev–Trinajstić information content (AvgIpc) is 2.61. The molecule has 3 rings (SSSR count). The molecule has 0 saturated carbocycles. The highest BCUT2D eigenvalue weighted by atomic mass is 16.5. The van der Waals surface area contributed by atoms with Crippen LogP contribution >= 0.6 is 0 Å². The van der Waals surface area contributed by atoms with Crippen LogP contribution < -0.4 is 4.74 Å². The van der Waals surface area contributed by atoms with E-state index in [1.54, 1.807) is 0 Å². The molecule has 1 saturated heterocycles. The fraction of sp³-hybridized carbons (Fsp3) is 0.545. The molecule has 0 N–H and O–H groups in total. The van der Waals surface area contributed by atoms with Gasteiger partial charge in [0.2, 0.25) is 0 Å². The van der Waals surface area contributed by atoms with Crippen molar-refractivity contribution in [3.8, 4) is 5.75 Å². The Balaban J connectivity index is 1.28. The molecule has 0 bridgehead atoms. The first-order valence-electron chi connectivity index (χ1n) is 9.65. The topological polar surface area (TPSA) is 12.5 Å². The molecule has 0 amide bonds. The third kappa shape index (κ3) is 5.24. The summed E-state index contributed by atoms with van der Waals surface area (Å²) in [5, 5.41) is 2.53. The molecule has 2 aromatic rings. The minimum Gasteiger partial charge on any atom is -0.494 e. The fourth-order valence-corrected chi connectivity index (χ4v) is 3.73. The lowest BCUT2D eigenvalue weighted by Gasteiger charge is -2.30. The van der Waals surface area contributed by atoms with Crippen LogP contribution in [-0.4, -0.2) is 31.1 Å². The number of nitrogens with zero attached hydrogens (tertiary/aromatic N) is 1. The maximum absolute atomic E-state index is 5.91. The molecule has 130 valence electrons. The van der Waals surface area contributed by atoms with Gasteiger partial charge in [-0.3, -0.25) is 0 Å². The summed E-state index contributed by atoms with van der Waals surface area (Å²) < 4.78 is 5.91. The monoisotopic (exact) mass is 325 g/mol. The van der Waals surface area contributed by atoms with Gasteiger partial charge in [-0.1, -0.05) is 50.1 Å². The molecule has 1 aliphatic rings. The Hall–Kier alpha value is -1.54. The van der Waals surface area contributed by atoms with Gasteiger partial charge in [0.15, 0.2) is 0 Å². The summed E-state index contributed by atoms with van der Waals surface area (Å²) in [6.45, 7) is 7.13. The van der Waals surface area contributed by atoms with Gasteiger partial charge in [-0.05, 0) is 67.6 Å². The first-order chi connectivity index (χ1) is 11.8. The second-order valence-corrected chi connectivity index (χ2v) is 7.32. The van der Waals surface area contributed by atoms with E-state index in [1.165, 1.54) is 62.5 Å². The molecule has 1 atom stereocenters. The Kier molecular flexibility index (Phi) is 6.54. The van der Waals surface area contributed by atoms with Crippen LogP contribution in [-0.2, 0) is 0 Å². The number of piperidine rings is 1. The summed E-state index contributed by atoms with van der Waals surface area (Å²) in [5.41, 5.74) is 0. The third-order valence-electron chi connectivity index (χ3n) is 5.10. The summed E-state index contributed by atoms with van der Waals surface area (Å²) in [6.07, 6.45) is 7.90. The average molecular weight is 325 g/mol. The predicted molar refractivity (Wildman–Crippen MR) is 103 cm³/mol. The van der Waals surface area contributed by atoms with Crippen LogP contribution in [0.25, 0.3) is 10.8 Å². The molecule has 0 aromatic heterocycles. The highest BCUT2D eigenvalue weighted by Gasteiger charge is 2.15. The van der Waals surface area contributed by atoms with Crippen molar-refractivity contribution in [2.75, 3.05) is 26.2 Å². The molecule has 2 heteroatoms. The SMILES string of the molecule is CC1CCCN(CCCCCCOc2ccc3ccccc3c2)C1. The normalized spacial score (nSPS) is 18.8. The van der Waals surface area contributed by atoms with E-state index in [2.05, 4.69) is 54.3 Å². The predicted octanol–water partition coefficient (Wildman–Crippen LogP) is 5.51. The van der Waals surface area contributed by atoms with Gasteiger partial charge < -0.3 is 9.64 Å². The van der Waals surface area contributed by atoms with Crippen molar-refractivity contribution in [1.29, 1.82) is 0 Å². The molecule has 0 spiro atoms. The van der Waals surface area contributed by atoms with E-state index in [-0.39, 0.29) is 0 Å². The number of hydrogen-bond donors (Lipinski definition) is 0. The summed E-state index contributed by atoms with van der Waals surface area (Å²) in [6, 6.07) is 14.8. The lowest BCUT2D eigenvalue weighted by Crippen LogP contribution is -2.34. The van der Waals surface area contributed by atoms with E-state index >= 15 is 0 Å². The van der Waals surface area contributed by atoms with Gasteiger partial charge in [0.05, 0.1) is 6.61 Å². The van der Waals surface area contributed by atoms with Crippen LogP contribution in [0.5, 0.6) is 5.75 Å². The summed E-state index contributed by atoms with van der Waals surface area (Å²) in [5.74, 6) is 1.89. The highest BCUT2D eigenvalue weighted by Crippen LogP contribution is 2.21. The maximum atomic E-state index is 5.91. The van der Waals surface area contributed by atoms with Gasteiger partial charge >= 0.3 is 0 Å². The molecule has 1 unspecified atom stereocenters. The van der Waals surface area contributed by atoms with Crippen LogP contribution in [0, 0.1) is 5.92 Å². The van der Waals surface area contributed by atoms with Crippen LogP contribution in [0.4, 0.5) is 0 Å². The molecule has 0 radical (unpaired) electrons. The molecular weight excluding hydrogens is 294 g/mol. The standard InChI is InChI=1S/C22H31NO/c1-19-9-8-15-23(18-19)14-6-2-3-7-16-24-22-13-12-20-10-4-5-11-21(20)17-22/h4-5,10-13,17,19H,2-3,6-9,14-16,18H2,1H3. The lowest BCUT2D eigenvalue weighted by molar-refractivity contribution is 0.180. The van der Waals surface area contributed by atoms with E-state index in [0.29, 0.717) is 0 Å². The number of ether oxygens (including phenoxy) is 1. The van der Waals surface area contributed by atoms with Crippen molar-refractivity contribution in [1.82, 2.24) is 4.90 Å². The van der Waals surface area contributed by atoms with E-state index in [0.717, 1.165) is 24.7 Å². The molecule has 2 aromatic carbocycles. The largest absolute Gasteiger partial charge is 0.494 e. The Morgan fingerprint density at radius 3 is 2.71 bits per heavy atom. The highest BCUT2D eigenvalue weighted by molar-refractivity contribution is 5.83. The van der Waals surface area contributed by atoms with Crippen molar-refractivity contribution in [2.24, 2.45) is 5.92 Å². The number of unbranched alkanes of at least 4 members (excludes halogenated alkanes) is 3. The summed E-state index contributed by atoms with van der Waals surface area (Å²) in [4.78, 5) is 2.65. The minimum absolute atomic E-state index is 0.832. The Morgan fingerprint density at radius 2 is 1.83 bits per heavy atom. The second kappa shape index (κ2) is 9.08. The van der Waals surface area contributed by atoms with Gasteiger partial charge in [0, 0.05) is 6.54 Å². The van der Waals surface area contributed by atoms with Crippen LogP contribution in [0.2, 0.25) is 0 Å². The number of rotatable bonds is 8. The van der Waals surface area contributed by atoms with Gasteiger partial charge in [0.1, 0.15) is 5.75 Å². The van der Waals surface area contributed by atoms with Crippen molar-refractivity contribution in [3.05, 3.63) is 42.5 Å². The van der Waals surface area contributed by atoms with Gasteiger partial charge in [-0.15, -0.1) is 0 Å². The lowest BCUT2D eigenvalue weighted by atomic mass is 10.00. The summed E-state index contributed by atoms with van der Waals surface area (Å²) >= 11 is 0. The summed E-state index contributed by atoms with van der Waals surface area (Å²) in [7, 11) is 0. The smallest absolute Gasteiger partial charge is 0.119 e. The minimum atomic E-state index is 0.832. The molecule has 0 aliphatic carbocycles. The van der Waals surface area contributed by atoms with E-state index in [9.17, 15) is 0 Å². The van der Waals surface area contributed by atoms with E-state index < -0.39 is 0 Å². The zero-order valence-corrected chi connectivity index (χ0v) is 15.0. The molecule has 1 fully saturated rings. The molecule has 1 aliphatic heterocycles. The van der Waals surface area contributed by atoms with Crippen molar-refractivity contribution in [2.45, 2.75) is 45.4 Å². The third-order valence-corrected chi connectivity index (χ3v) is 5.10. The van der Waals surface area contributed by atoms with Gasteiger partial charge in [-0.2, -0.15) is 0 Å². The van der Waals surface area contributed by atoms with Crippen LogP contribution in [0.3, 0.4) is 0 Å². The molecule has 24 heavy (non-hydrogen) atoms. The first-order valence-corrected chi connectivity index (χ1v) is 9.65. The van der Waals surface area contributed by atoms with Gasteiger partial charge in [0.25, 0.3) is 0 Å². The zero-order valence-electron chi connectivity index (χ0n) is 15.0. The molecular formula is C22H31NO. The van der Waals surface area contributed by atoms with E-state index in [4.69, 9.17) is 4.74 Å². The number of likely N-dealkylation sites (tertiary alicyclic amines) is 1. The fourth-order valence-electron chi connectivity index (χ4n) is 3.73. The number of fused-ring (bicyclic) bond motifs is 1. The maximum Gasteiger partial charge on any atom is 0.119 e. The Morgan fingerprint density at radius 1 is 1.00 bits per heavy atom. The van der Waals surface area contributed by atoms with Crippen molar-refractivity contribution >= 4 is 10.8 Å². The van der Waals surface area contributed by atoms with Gasteiger partial charge in [-0.25, -0.2) is 0 Å². The quantitative estimate of drug-likeness (QED) is 0.593. The Labute approximate surface area is 146 Å². The number of benzene rings is 2. The van der Waals surface area contributed by atoms with Crippen LogP contribution in [0.1, 0.15) is 45.4 Å².